The minimum atomic E-state index is -0.717. The predicted octanol–water partition coefficient (Wildman–Crippen LogP) is 8.99. The second kappa shape index (κ2) is 12.9. The van der Waals surface area contributed by atoms with Gasteiger partial charge in [0.1, 0.15) is 29.5 Å². The smallest absolute Gasteiger partial charge is 0.489 e. The summed E-state index contributed by atoms with van der Waals surface area (Å²) in [6.07, 6.45) is 2.38. The van der Waals surface area contributed by atoms with Crippen LogP contribution in [0.2, 0.25) is 0 Å². The van der Waals surface area contributed by atoms with Crippen LogP contribution in [0.5, 0.6) is 11.5 Å². The van der Waals surface area contributed by atoms with Gasteiger partial charge in [0.05, 0.1) is 11.0 Å². The Hall–Kier alpha value is -4.58. The first-order chi connectivity index (χ1) is 20.3. The molecule has 216 valence electrons. The molecule has 0 amide bonds. The number of aromatic nitrogens is 2. The average molecular weight is 563 g/mol. The number of para-hydroxylation sites is 1. The van der Waals surface area contributed by atoms with E-state index in [1.165, 1.54) is 0 Å². The molecule has 1 heterocycles. The molecule has 5 rings (SSSR count). The van der Waals surface area contributed by atoms with Gasteiger partial charge < -0.3 is 18.8 Å². The van der Waals surface area contributed by atoms with Crippen molar-refractivity contribution in [3.8, 4) is 22.6 Å². The van der Waals surface area contributed by atoms with Crippen LogP contribution in [0.4, 0.5) is 4.79 Å². The summed E-state index contributed by atoms with van der Waals surface area (Å²) in [6, 6.07) is 32.2. The predicted molar refractivity (Wildman–Crippen MR) is 167 cm³/mol. The molecule has 0 bridgehead atoms. The zero-order chi connectivity index (χ0) is 29.5. The summed E-state index contributed by atoms with van der Waals surface area (Å²) in [5.74, 6) is 2.36. The van der Waals surface area contributed by atoms with Crippen molar-refractivity contribution in [3.05, 3.63) is 114 Å². The number of fused-ring (bicyclic) bond motifs is 1. The molecule has 0 saturated heterocycles. The summed E-state index contributed by atoms with van der Waals surface area (Å²) < 4.78 is 19.4. The van der Waals surface area contributed by atoms with Gasteiger partial charge in [-0.15, -0.1) is 0 Å². The molecule has 6 heteroatoms. The van der Waals surface area contributed by atoms with Crippen molar-refractivity contribution in [1.29, 1.82) is 0 Å². The van der Waals surface area contributed by atoms with Gasteiger partial charge in [0.2, 0.25) is 0 Å². The molecule has 0 aliphatic rings. The molecule has 0 N–H and O–H groups in total. The highest BCUT2D eigenvalue weighted by Gasteiger charge is 2.19. The third-order valence-corrected chi connectivity index (χ3v) is 6.88. The lowest BCUT2D eigenvalue weighted by Gasteiger charge is -2.19. The molecule has 5 aromatic rings. The van der Waals surface area contributed by atoms with E-state index in [-0.39, 0.29) is 0 Å². The maximum atomic E-state index is 12.3. The van der Waals surface area contributed by atoms with Crippen molar-refractivity contribution in [3.63, 3.8) is 0 Å². The number of rotatable bonds is 10. The molecule has 0 unspecified atom stereocenters. The highest BCUT2D eigenvalue weighted by molar-refractivity contribution is 5.78. The monoisotopic (exact) mass is 562 g/mol. The zero-order valence-corrected chi connectivity index (χ0v) is 24.8. The fourth-order valence-electron chi connectivity index (χ4n) is 4.81. The second-order valence-electron chi connectivity index (χ2n) is 11.4. The van der Waals surface area contributed by atoms with Crippen molar-refractivity contribution in [2.45, 2.75) is 65.7 Å². The van der Waals surface area contributed by atoms with Crippen molar-refractivity contribution in [1.82, 2.24) is 9.55 Å². The van der Waals surface area contributed by atoms with E-state index in [4.69, 9.17) is 19.2 Å². The zero-order valence-electron chi connectivity index (χ0n) is 24.8. The lowest BCUT2D eigenvalue weighted by Crippen LogP contribution is -2.26. The lowest BCUT2D eigenvalue weighted by atomic mass is 10.0. The molecule has 0 atom stereocenters. The Kier molecular flexibility index (Phi) is 8.91. The van der Waals surface area contributed by atoms with E-state index in [9.17, 15) is 4.79 Å². The Morgan fingerprint density at radius 3 is 2.33 bits per heavy atom. The van der Waals surface area contributed by atoms with Gasteiger partial charge >= 0.3 is 6.16 Å². The highest BCUT2D eigenvalue weighted by atomic mass is 16.7. The number of nitrogens with zero attached hydrogens (tertiary/aromatic N) is 2. The molecule has 0 saturated carbocycles. The molecule has 0 spiro atoms. The Labute approximate surface area is 247 Å². The minimum Gasteiger partial charge on any atom is -0.489 e. The molecule has 42 heavy (non-hydrogen) atoms. The first kappa shape index (κ1) is 28.9. The number of aryl methyl sites for hydroxylation is 1. The van der Waals surface area contributed by atoms with Crippen LogP contribution in [0.15, 0.2) is 97.1 Å². The molecule has 4 aromatic carbocycles. The van der Waals surface area contributed by atoms with E-state index >= 15 is 0 Å². The number of hydrogen-bond acceptors (Lipinski definition) is 5. The van der Waals surface area contributed by atoms with Gasteiger partial charge in [-0.25, -0.2) is 9.78 Å². The summed E-state index contributed by atoms with van der Waals surface area (Å²) in [6.45, 7) is 8.85. The summed E-state index contributed by atoms with van der Waals surface area (Å²) in [7, 11) is 0. The van der Waals surface area contributed by atoms with E-state index in [0.29, 0.717) is 18.9 Å². The number of imidazole rings is 1. The SMILES string of the molecule is CCCCc1nc2ccc(OCc3ccccc3)cc2n1Cc1ccc(-c2ccccc2OC(=O)OC(C)(C)C)cc1. The second-order valence-corrected chi connectivity index (χ2v) is 11.4. The maximum absolute atomic E-state index is 12.3. The molecule has 1 aromatic heterocycles. The standard InChI is InChI=1S/C36H38N2O4/c1-5-6-16-34-37-31-22-21-29(40-25-27-12-8-7-9-13-27)23-32(31)38(34)24-26-17-19-28(20-18-26)30-14-10-11-15-33(30)41-35(39)42-36(2,3)4/h7-15,17-23H,5-6,16,24-25H2,1-4H3. The van der Waals surface area contributed by atoms with Gasteiger partial charge in [-0.05, 0) is 62.1 Å². The number of ether oxygens (including phenoxy) is 3. The largest absolute Gasteiger partial charge is 0.514 e. The molecule has 0 aliphatic carbocycles. The molecular formula is C36H38N2O4. The van der Waals surface area contributed by atoms with Crippen LogP contribution in [0.25, 0.3) is 22.2 Å². The van der Waals surface area contributed by atoms with Crippen LogP contribution >= 0.6 is 0 Å². The lowest BCUT2D eigenvalue weighted by molar-refractivity contribution is 0.0207. The molecule has 0 fully saturated rings. The Morgan fingerprint density at radius 2 is 1.60 bits per heavy atom. The van der Waals surface area contributed by atoms with Crippen molar-refractivity contribution < 1.29 is 19.0 Å². The van der Waals surface area contributed by atoms with Gasteiger partial charge in [-0.2, -0.15) is 0 Å². The topological polar surface area (TPSA) is 62.6 Å². The molecular weight excluding hydrogens is 524 g/mol. The van der Waals surface area contributed by atoms with Gasteiger partial charge in [-0.3, -0.25) is 0 Å². The van der Waals surface area contributed by atoms with E-state index in [0.717, 1.165) is 64.1 Å². The van der Waals surface area contributed by atoms with Crippen LogP contribution in [-0.2, 0) is 24.3 Å². The van der Waals surface area contributed by atoms with Gasteiger partial charge in [0, 0.05) is 24.6 Å². The Balaban J connectivity index is 1.38. The number of carbonyl (C=O) groups is 1. The van der Waals surface area contributed by atoms with Gasteiger partial charge in [0.15, 0.2) is 0 Å². The fourth-order valence-corrected chi connectivity index (χ4v) is 4.81. The van der Waals surface area contributed by atoms with Crippen molar-refractivity contribution >= 4 is 17.2 Å². The van der Waals surface area contributed by atoms with Crippen LogP contribution in [0.1, 0.15) is 57.5 Å². The van der Waals surface area contributed by atoms with Crippen molar-refractivity contribution in [2.75, 3.05) is 0 Å². The summed E-state index contributed by atoms with van der Waals surface area (Å²) in [5.41, 5.74) is 5.47. The number of benzene rings is 4. The third kappa shape index (κ3) is 7.38. The van der Waals surface area contributed by atoms with E-state index in [1.54, 1.807) is 6.07 Å². The fraction of sp³-hybridized carbons (Fsp3) is 0.278. The maximum Gasteiger partial charge on any atom is 0.514 e. The summed E-state index contributed by atoms with van der Waals surface area (Å²) >= 11 is 0. The van der Waals surface area contributed by atoms with Crippen LogP contribution < -0.4 is 9.47 Å². The normalized spacial score (nSPS) is 11.4. The molecule has 6 nitrogen and oxygen atoms in total. The first-order valence-corrected chi connectivity index (χ1v) is 14.5. The van der Waals surface area contributed by atoms with E-state index in [2.05, 4.69) is 54.0 Å². The molecule has 0 radical (unpaired) electrons. The van der Waals surface area contributed by atoms with Crippen LogP contribution in [0.3, 0.4) is 0 Å². The van der Waals surface area contributed by atoms with Crippen LogP contribution in [-0.4, -0.2) is 21.3 Å². The first-order valence-electron chi connectivity index (χ1n) is 14.5. The van der Waals surface area contributed by atoms with Gasteiger partial charge in [0.25, 0.3) is 0 Å². The third-order valence-electron chi connectivity index (χ3n) is 6.88. The summed E-state index contributed by atoms with van der Waals surface area (Å²) in [5, 5.41) is 0. The molecule has 0 aliphatic heterocycles. The van der Waals surface area contributed by atoms with E-state index in [1.807, 2.05) is 69.3 Å². The summed E-state index contributed by atoms with van der Waals surface area (Å²) in [4.78, 5) is 17.3. The quantitative estimate of drug-likeness (QED) is 0.126. The van der Waals surface area contributed by atoms with Crippen molar-refractivity contribution in [2.24, 2.45) is 0 Å². The number of hydrogen-bond donors (Lipinski definition) is 0. The Morgan fingerprint density at radius 1 is 0.857 bits per heavy atom. The van der Waals surface area contributed by atoms with E-state index < -0.39 is 11.8 Å². The average Bonchev–Trinajstić information content (AvgIpc) is 3.31. The number of unbranched alkanes of at least 4 members (excludes halogenated alkanes) is 1. The minimum absolute atomic E-state index is 0.463. The van der Waals surface area contributed by atoms with Gasteiger partial charge in [-0.1, -0.05) is 86.1 Å². The highest BCUT2D eigenvalue weighted by Crippen LogP contribution is 2.31. The number of carbonyl (C=O) groups excluding carboxylic acids is 1. The Bertz CT molecular complexity index is 1630. The van der Waals surface area contributed by atoms with Crippen LogP contribution in [0, 0.1) is 0 Å².